The molecule has 0 fully saturated rings. The summed E-state index contributed by atoms with van der Waals surface area (Å²) in [6, 6.07) is 17.3. The summed E-state index contributed by atoms with van der Waals surface area (Å²) in [5.41, 5.74) is 5.85. The number of fused-ring (bicyclic) bond motifs is 1. The summed E-state index contributed by atoms with van der Waals surface area (Å²) in [6.07, 6.45) is 4.68. The smallest absolute Gasteiger partial charge is 0.292 e. The van der Waals surface area contributed by atoms with E-state index < -0.39 is 10.8 Å². The molecule has 9 nitrogen and oxygen atoms in total. The van der Waals surface area contributed by atoms with Gasteiger partial charge in [-0.25, -0.2) is 10.4 Å². The standard InChI is InChI=1S/C23H18N6O3/c1-24-20-7-6-15(12-22(20)29(31)32)14-26-28-23(30)18-13-21(16-8-10-25-11-9-16)27-19-5-3-2-4-17(18)19/h2-14,24H,1H3,(H,28,30)/b26-14+. The van der Waals surface area contributed by atoms with Crippen LogP contribution in [0.3, 0.4) is 0 Å². The summed E-state index contributed by atoms with van der Waals surface area (Å²) in [4.78, 5) is 32.3. The van der Waals surface area contributed by atoms with E-state index in [4.69, 9.17) is 0 Å². The molecular formula is C23H18N6O3. The van der Waals surface area contributed by atoms with Gasteiger partial charge >= 0.3 is 0 Å². The number of aromatic nitrogens is 2. The number of anilines is 1. The number of amides is 1. The number of para-hydroxylation sites is 1. The molecule has 1 amide bonds. The average Bonchev–Trinajstić information content (AvgIpc) is 2.83. The fourth-order valence-electron chi connectivity index (χ4n) is 3.25. The second-order valence-corrected chi connectivity index (χ2v) is 6.79. The highest BCUT2D eigenvalue weighted by Gasteiger charge is 2.14. The van der Waals surface area contributed by atoms with E-state index in [1.807, 2.05) is 36.4 Å². The molecule has 2 heterocycles. The number of nitrogens with one attached hydrogen (secondary N) is 2. The molecule has 2 N–H and O–H groups in total. The van der Waals surface area contributed by atoms with Crippen molar-refractivity contribution in [3.63, 3.8) is 0 Å². The zero-order valence-electron chi connectivity index (χ0n) is 17.0. The summed E-state index contributed by atoms with van der Waals surface area (Å²) in [6.45, 7) is 0. The Morgan fingerprint density at radius 3 is 2.62 bits per heavy atom. The molecule has 32 heavy (non-hydrogen) atoms. The lowest BCUT2D eigenvalue weighted by Crippen LogP contribution is -2.18. The number of nitro benzene ring substituents is 1. The molecule has 0 spiro atoms. The number of hydrazone groups is 1. The Morgan fingerprint density at radius 2 is 1.88 bits per heavy atom. The Hall–Kier alpha value is -4.66. The number of rotatable bonds is 6. The van der Waals surface area contributed by atoms with Crippen molar-refractivity contribution in [2.45, 2.75) is 0 Å². The van der Waals surface area contributed by atoms with Crippen molar-refractivity contribution in [2.24, 2.45) is 5.10 Å². The predicted molar refractivity (Wildman–Crippen MR) is 123 cm³/mol. The maximum Gasteiger partial charge on any atom is 0.292 e. The zero-order chi connectivity index (χ0) is 22.5. The first-order valence-electron chi connectivity index (χ1n) is 9.66. The summed E-state index contributed by atoms with van der Waals surface area (Å²) in [5, 5.41) is 18.7. The fraction of sp³-hybridized carbons (Fsp3) is 0.0435. The van der Waals surface area contributed by atoms with E-state index in [1.165, 1.54) is 12.3 Å². The predicted octanol–water partition coefficient (Wildman–Crippen LogP) is 4.01. The minimum atomic E-state index is -0.481. The lowest BCUT2D eigenvalue weighted by molar-refractivity contribution is -0.383. The van der Waals surface area contributed by atoms with Crippen LogP contribution in [-0.2, 0) is 0 Å². The highest BCUT2D eigenvalue weighted by Crippen LogP contribution is 2.25. The summed E-state index contributed by atoms with van der Waals surface area (Å²) in [7, 11) is 1.61. The number of carbonyl (C=O) groups excluding carboxylic acids is 1. The molecule has 0 bridgehead atoms. The molecule has 2 aromatic heterocycles. The van der Waals surface area contributed by atoms with E-state index in [0.29, 0.717) is 33.4 Å². The van der Waals surface area contributed by atoms with Crippen LogP contribution in [0.5, 0.6) is 0 Å². The van der Waals surface area contributed by atoms with Gasteiger partial charge < -0.3 is 5.32 Å². The Morgan fingerprint density at radius 1 is 1.09 bits per heavy atom. The molecule has 9 heteroatoms. The quantitative estimate of drug-likeness (QED) is 0.273. The molecule has 0 saturated heterocycles. The fourth-order valence-corrected chi connectivity index (χ4v) is 3.25. The minimum Gasteiger partial charge on any atom is -0.383 e. The second kappa shape index (κ2) is 9.00. The van der Waals surface area contributed by atoms with Gasteiger partial charge in [-0.2, -0.15) is 5.10 Å². The summed E-state index contributed by atoms with van der Waals surface area (Å²) >= 11 is 0. The van der Waals surface area contributed by atoms with E-state index in [-0.39, 0.29) is 5.69 Å². The van der Waals surface area contributed by atoms with Crippen LogP contribution in [0.25, 0.3) is 22.2 Å². The van der Waals surface area contributed by atoms with Gasteiger partial charge in [0.15, 0.2) is 0 Å². The van der Waals surface area contributed by atoms with Gasteiger partial charge in [0, 0.05) is 42.0 Å². The van der Waals surface area contributed by atoms with Gasteiger partial charge in [-0.3, -0.25) is 19.9 Å². The first kappa shape index (κ1) is 20.6. The molecule has 0 saturated carbocycles. The molecule has 0 radical (unpaired) electrons. The molecule has 0 aliphatic rings. The minimum absolute atomic E-state index is 0.0788. The normalized spacial score (nSPS) is 10.9. The van der Waals surface area contributed by atoms with E-state index in [0.717, 1.165) is 5.56 Å². The lowest BCUT2D eigenvalue weighted by atomic mass is 10.0. The number of nitro groups is 1. The third-order valence-electron chi connectivity index (χ3n) is 4.80. The van der Waals surface area contributed by atoms with Crippen molar-refractivity contribution in [1.82, 2.24) is 15.4 Å². The number of hydrogen-bond acceptors (Lipinski definition) is 7. The van der Waals surface area contributed by atoms with Gasteiger partial charge in [0.05, 0.1) is 27.9 Å². The maximum absolute atomic E-state index is 12.9. The Balaban J connectivity index is 1.63. The summed E-state index contributed by atoms with van der Waals surface area (Å²) in [5.74, 6) is -0.420. The van der Waals surface area contributed by atoms with Crippen LogP contribution in [-0.4, -0.2) is 34.1 Å². The van der Waals surface area contributed by atoms with Crippen LogP contribution in [0.4, 0.5) is 11.4 Å². The van der Waals surface area contributed by atoms with Crippen molar-refractivity contribution in [2.75, 3.05) is 12.4 Å². The van der Waals surface area contributed by atoms with Crippen LogP contribution in [0.2, 0.25) is 0 Å². The highest BCUT2D eigenvalue weighted by molar-refractivity contribution is 6.07. The monoisotopic (exact) mass is 426 g/mol. The van der Waals surface area contributed by atoms with Crippen LogP contribution in [0.1, 0.15) is 15.9 Å². The number of hydrogen-bond donors (Lipinski definition) is 2. The highest BCUT2D eigenvalue weighted by atomic mass is 16.6. The SMILES string of the molecule is CNc1ccc(/C=N/NC(=O)c2cc(-c3ccncc3)nc3ccccc23)cc1[N+](=O)[O-]. The third-order valence-corrected chi connectivity index (χ3v) is 4.80. The number of nitrogens with zero attached hydrogens (tertiary/aromatic N) is 4. The number of benzene rings is 2. The molecule has 0 aliphatic carbocycles. The summed E-state index contributed by atoms with van der Waals surface area (Å²) < 4.78 is 0. The molecule has 4 rings (SSSR count). The van der Waals surface area contributed by atoms with Crippen molar-refractivity contribution in [3.05, 3.63) is 94.3 Å². The van der Waals surface area contributed by atoms with Gasteiger partial charge in [0.25, 0.3) is 11.6 Å². The van der Waals surface area contributed by atoms with Gasteiger partial charge in [-0.1, -0.05) is 24.3 Å². The first-order valence-corrected chi connectivity index (χ1v) is 9.66. The van der Waals surface area contributed by atoms with Crippen LogP contribution >= 0.6 is 0 Å². The Kier molecular flexibility index (Phi) is 5.80. The molecule has 158 valence electrons. The van der Waals surface area contributed by atoms with E-state index in [9.17, 15) is 14.9 Å². The number of carbonyl (C=O) groups is 1. The van der Waals surface area contributed by atoms with Crippen molar-refractivity contribution in [3.8, 4) is 11.3 Å². The molecule has 4 aromatic rings. The van der Waals surface area contributed by atoms with Crippen molar-refractivity contribution < 1.29 is 9.72 Å². The van der Waals surface area contributed by atoms with E-state index >= 15 is 0 Å². The van der Waals surface area contributed by atoms with Gasteiger partial charge in [0.1, 0.15) is 5.69 Å². The van der Waals surface area contributed by atoms with Crippen molar-refractivity contribution >= 4 is 34.4 Å². The Labute approximate surface area is 183 Å². The lowest BCUT2D eigenvalue weighted by Gasteiger charge is -2.09. The van der Waals surface area contributed by atoms with E-state index in [1.54, 1.807) is 37.6 Å². The molecule has 0 aliphatic heterocycles. The van der Waals surface area contributed by atoms with Crippen LogP contribution in [0.15, 0.2) is 78.2 Å². The van der Waals surface area contributed by atoms with Gasteiger partial charge in [-0.05, 0) is 30.3 Å². The molecular weight excluding hydrogens is 408 g/mol. The van der Waals surface area contributed by atoms with Crippen LogP contribution < -0.4 is 10.7 Å². The second-order valence-electron chi connectivity index (χ2n) is 6.79. The maximum atomic E-state index is 12.9. The Bertz CT molecular complexity index is 1340. The van der Waals surface area contributed by atoms with Gasteiger partial charge in [-0.15, -0.1) is 0 Å². The topological polar surface area (TPSA) is 122 Å². The molecule has 2 aromatic carbocycles. The van der Waals surface area contributed by atoms with Gasteiger partial charge in [0.2, 0.25) is 0 Å². The van der Waals surface area contributed by atoms with Crippen LogP contribution in [0, 0.1) is 10.1 Å². The third kappa shape index (κ3) is 4.26. The number of pyridine rings is 2. The van der Waals surface area contributed by atoms with Crippen molar-refractivity contribution in [1.29, 1.82) is 0 Å². The molecule has 0 unspecified atom stereocenters. The average molecular weight is 426 g/mol. The first-order chi connectivity index (χ1) is 15.6. The molecule has 0 atom stereocenters. The largest absolute Gasteiger partial charge is 0.383 e. The zero-order valence-corrected chi connectivity index (χ0v) is 17.0. The van der Waals surface area contributed by atoms with E-state index in [2.05, 4.69) is 25.8 Å².